The van der Waals surface area contributed by atoms with Crippen molar-refractivity contribution in [3.8, 4) is 0 Å². The number of benzene rings is 2. The lowest BCUT2D eigenvalue weighted by Gasteiger charge is -2.23. The van der Waals surface area contributed by atoms with Gasteiger partial charge in [-0.05, 0) is 55.5 Å². The van der Waals surface area contributed by atoms with Crippen molar-refractivity contribution in [1.29, 1.82) is 0 Å². The molecule has 1 fully saturated rings. The van der Waals surface area contributed by atoms with E-state index in [1.54, 1.807) is 16.7 Å². The number of hydrogen-bond acceptors (Lipinski definition) is 5. The first-order valence-corrected chi connectivity index (χ1v) is 10.8. The predicted octanol–water partition coefficient (Wildman–Crippen LogP) is 4.98. The van der Waals surface area contributed by atoms with E-state index >= 15 is 0 Å². The highest BCUT2D eigenvalue weighted by Crippen LogP contribution is 2.35. The fourth-order valence-electron chi connectivity index (χ4n) is 3.18. The van der Waals surface area contributed by atoms with Crippen LogP contribution in [0.5, 0.6) is 0 Å². The zero-order chi connectivity index (χ0) is 18.8. The molecule has 1 atom stereocenters. The minimum Gasteiger partial charge on any atom is -0.376 e. The molecule has 140 valence electrons. The first-order valence-electron chi connectivity index (χ1n) is 8.78. The maximum absolute atomic E-state index is 13.3. The van der Waals surface area contributed by atoms with Crippen LogP contribution in [0.4, 0.5) is 9.52 Å². The van der Waals surface area contributed by atoms with Gasteiger partial charge in [0.05, 0.1) is 22.9 Å². The molecule has 4 rings (SSSR count). The number of thiazole rings is 1. The molecule has 1 aliphatic rings. The lowest BCUT2D eigenvalue weighted by Crippen LogP contribution is -2.37. The number of thioether (sulfide) groups is 1. The highest BCUT2D eigenvalue weighted by atomic mass is 32.2. The molecule has 0 spiro atoms. The quantitative estimate of drug-likeness (QED) is 0.564. The Bertz CT molecular complexity index is 952. The Morgan fingerprint density at radius 3 is 2.85 bits per heavy atom. The summed E-state index contributed by atoms with van der Waals surface area (Å²) >= 11 is 3.13. The summed E-state index contributed by atoms with van der Waals surface area (Å²) in [7, 11) is 0. The average Bonchev–Trinajstić information content (AvgIpc) is 3.35. The minimum atomic E-state index is -0.359. The van der Waals surface area contributed by atoms with Crippen LogP contribution in [0.15, 0.2) is 47.4 Å². The average molecular weight is 403 g/mol. The summed E-state index contributed by atoms with van der Waals surface area (Å²) in [6, 6.07) is 11.7. The SMILES string of the molecule is CSc1cccc2sc(N(C[C@@H]3CCCO3)C(=O)c3ccc(F)cc3)nc12. The second-order valence-corrected chi connectivity index (χ2v) is 8.22. The van der Waals surface area contributed by atoms with Crippen LogP contribution in [0, 0.1) is 5.82 Å². The normalized spacial score (nSPS) is 16.7. The van der Waals surface area contributed by atoms with Crippen LogP contribution in [-0.2, 0) is 4.74 Å². The van der Waals surface area contributed by atoms with Crippen molar-refractivity contribution in [3.63, 3.8) is 0 Å². The van der Waals surface area contributed by atoms with Gasteiger partial charge in [-0.2, -0.15) is 0 Å². The van der Waals surface area contributed by atoms with E-state index in [0.717, 1.165) is 34.6 Å². The third-order valence-corrected chi connectivity index (χ3v) is 6.38. The first kappa shape index (κ1) is 18.4. The molecular formula is C20H19FN2O2S2. The number of nitrogens with zero attached hydrogens (tertiary/aromatic N) is 2. The lowest BCUT2D eigenvalue weighted by atomic mass is 10.1. The first-order chi connectivity index (χ1) is 13.2. The van der Waals surface area contributed by atoms with Crippen molar-refractivity contribution >= 4 is 44.4 Å². The Kier molecular flexibility index (Phi) is 5.43. The third-order valence-electron chi connectivity index (χ3n) is 4.57. The zero-order valence-electron chi connectivity index (χ0n) is 14.9. The molecule has 3 aromatic rings. The molecule has 1 aromatic heterocycles. The lowest BCUT2D eigenvalue weighted by molar-refractivity contribution is 0.0917. The van der Waals surface area contributed by atoms with Crippen molar-refractivity contribution in [2.24, 2.45) is 0 Å². The van der Waals surface area contributed by atoms with Gasteiger partial charge in [-0.15, -0.1) is 11.8 Å². The van der Waals surface area contributed by atoms with Gasteiger partial charge in [0.2, 0.25) is 0 Å². The Labute approximate surface area is 165 Å². The topological polar surface area (TPSA) is 42.4 Å². The van der Waals surface area contributed by atoms with Crippen molar-refractivity contribution in [2.45, 2.75) is 23.8 Å². The Balaban J connectivity index is 1.73. The maximum Gasteiger partial charge on any atom is 0.260 e. The van der Waals surface area contributed by atoms with Crippen molar-refractivity contribution in [1.82, 2.24) is 4.98 Å². The number of amides is 1. The number of ether oxygens (including phenoxy) is 1. The molecule has 1 amide bonds. The number of halogens is 1. The molecular weight excluding hydrogens is 383 g/mol. The molecule has 1 saturated heterocycles. The molecule has 4 nitrogen and oxygen atoms in total. The molecule has 0 bridgehead atoms. The molecule has 0 saturated carbocycles. The van der Waals surface area contributed by atoms with Crippen molar-refractivity contribution < 1.29 is 13.9 Å². The van der Waals surface area contributed by atoms with Crippen LogP contribution < -0.4 is 4.90 Å². The van der Waals surface area contributed by atoms with Gasteiger partial charge < -0.3 is 4.74 Å². The number of rotatable bonds is 5. The highest BCUT2D eigenvalue weighted by molar-refractivity contribution is 7.98. The Morgan fingerprint density at radius 2 is 2.15 bits per heavy atom. The second kappa shape index (κ2) is 7.96. The van der Waals surface area contributed by atoms with Crippen molar-refractivity contribution in [2.75, 3.05) is 24.3 Å². The van der Waals surface area contributed by atoms with Crippen LogP contribution in [0.2, 0.25) is 0 Å². The fourth-order valence-corrected chi connectivity index (χ4v) is 4.81. The fraction of sp³-hybridized carbons (Fsp3) is 0.300. The number of fused-ring (bicyclic) bond motifs is 1. The van der Waals surface area contributed by atoms with Gasteiger partial charge in [0, 0.05) is 17.1 Å². The van der Waals surface area contributed by atoms with Crippen LogP contribution >= 0.6 is 23.1 Å². The number of carbonyl (C=O) groups excluding carboxylic acids is 1. The smallest absolute Gasteiger partial charge is 0.260 e. The summed E-state index contributed by atoms with van der Waals surface area (Å²) in [4.78, 5) is 20.7. The summed E-state index contributed by atoms with van der Waals surface area (Å²) in [5.41, 5.74) is 1.35. The molecule has 7 heteroatoms. The van der Waals surface area contributed by atoms with Crippen LogP contribution in [0.1, 0.15) is 23.2 Å². The molecule has 0 unspecified atom stereocenters. The van der Waals surface area contributed by atoms with Gasteiger partial charge >= 0.3 is 0 Å². The van der Waals surface area contributed by atoms with E-state index in [4.69, 9.17) is 9.72 Å². The van der Waals surface area contributed by atoms with Crippen molar-refractivity contribution in [3.05, 3.63) is 53.8 Å². The van der Waals surface area contributed by atoms with Gasteiger partial charge in [-0.25, -0.2) is 9.37 Å². The summed E-state index contributed by atoms with van der Waals surface area (Å²) in [5, 5.41) is 0.649. The van der Waals surface area contributed by atoms with E-state index in [0.29, 0.717) is 17.2 Å². The zero-order valence-corrected chi connectivity index (χ0v) is 16.5. The van der Waals surface area contributed by atoms with Crippen LogP contribution in [0.3, 0.4) is 0 Å². The summed E-state index contributed by atoms with van der Waals surface area (Å²) in [6.07, 6.45) is 3.94. The molecule has 0 N–H and O–H groups in total. The number of hydrogen-bond donors (Lipinski definition) is 0. The van der Waals surface area contributed by atoms with Gasteiger partial charge in [0.25, 0.3) is 5.91 Å². The van der Waals surface area contributed by atoms with Crippen LogP contribution in [0.25, 0.3) is 10.2 Å². The van der Waals surface area contributed by atoms with Gasteiger partial charge in [-0.3, -0.25) is 9.69 Å². The molecule has 0 aliphatic carbocycles. The van der Waals surface area contributed by atoms with E-state index < -0.39 is 0 Å². The monoisotopic (exact) mass is 402 g/mol. The van der Waals surface area contributed by atoms with Crippen LogP contribution in [-0.4, -0.2) is 36.4 Å². The Morgan fingerprint density at radius 1 is 1.33 bits per heavy atom. The number of aromatic nitrogens is 1. The summed E-state index contributed by atoms with van der Waals surface area (Å²) in [6.45, 7) is 1.17. The molecule has 27 heavy (non-hydrogen) atoms. The van der Waals surface area contributed by atoms with Gasteiger partial charge in [0.15, 0.2) is 5.13 Å². The molecule has 1 aliphatic heterocycles. The minimum absolute atomic E-state index is 0.00133. The maximum atomic E-state index is 13.3. The Hall–Kier alpha value is -1.96. The largest absolute Gasteiger partial charge is 0.376 e. The molecule has 2 heterocycles. The second-order valence-electron chi connectivity index (χ2n) is 6.36. The van der Waals surface area contributed by atoms with E-state index in [-0.39, 0.29) is 17.8 Å². The van der Waals surface area contributed by atoms with E-state index in [9.17, 15) is 9.18 Å². The van der Waals surface area contributed by atoms with E-state index in [2.05, 4.69) is 0 Å². The standard InChI is InChI=1S/C20H19FN2O2S2/c1-26-16-5-2-6-17-18(16)22-20(27-17)23(12-15-4-3-11-25-15)19(24)13-7-9-14(21)10-8-13/h2,5-10,15H,3-4,11-12H2,1H3/t15-/m0/s1. The number of anilines is 1. The highest BCUT2D eigenvalue weighted by Gasteiger charge is 2.27. The number of para-hydroxylation sites is 1. The molecule has 2 aromatic carbocycles. The predicted molar refractivity (Wildman–Crippen MR) is 108 cm³/mol. The summed E-state index contributed by atoms with van der Waals surface area (Å²) in [5.74, 6) is -0.544. The summed E-state index contributed by atoms with van der Waals surface area (Å²) < 4.78 is 20.1. The van der Waals surface area contributed by atoms with E-state index in [1.807, 2.05) is 24.5 Å². The number of carbonyl (C=O) groups is 1. The van der Waals surface area contributed by atoms with E-state index in [1.165, 1.54) is 35.6 Å². The molecule has 0 radical (unpaired) electrons. The van der Waals surface area contributed by atoms with Gasteiger partial charge in [-0.1, -0.05) is 17.4 Å². The van der Waals surface area contributed by atoms with Gasteiger partial charge in [0.1, 0.15) is 5.82 Å². The third kappa shape index (κ3) is 3.85.